The minimum atomic E-state index is -0.000595. The summed E-state index contributed by atoms with van der Waals surface area (Å²) >= 11 is 0. The molecular formula is C26H49N6O3+. The van der Waals surface area contributed by atoms with Crippen molar-refractivity contribution in [2.45, 2.75) is 78.8 Å². The molecule has 1 rings (SSSR count). The van der Waals surface area contributed by atoms with Crippen LogP contribution in [-0.4, -0.2) is 90.4 Å². The Kier molecular flexibility index (Phi) is 15.7. The molecule has 0 spiro atoms. The molecule has 9 heteroatoms. The summed E-state index contributed by atoms with van der Waals surface area (Å²) in [5, 5.41) is 2.93. The molecule has 1 aromatic rings. The lowest BCUT2D eigenvalue weighted by molar-refractivity contribution is -0.696. The highest BCUT2D eigenvalue weighted by Gasteiger charge is 2.20. The third-order valence-electron chi connectivity index (χ3n) is 5.95. The molecule has 0 fully saturated rings. The molecule has 9 nitrogen and oxygen atoms in total. The van der Waals surface area contributed by atoms with Crippen molar-refractivity contribution >= 4 is 17.7 Å². The van der Waals surface area contributed by atoms with Crippen molar-refractivity contribution in [2.24, 2.45) is 0 Å². The van der Waals surface area contributed by atoms with Crippen LogP contribution >= 0.6 is 0 Å². The van der Waals surface area contributed by atoms with Gasteiger partial charge in [-0.1, -0.05) is 40.0 Å². The first-order valence-electron chi connectivity index (χ1n) is 13.3. The van der Waals surface area contributed by atoms with Gasteiger partial charge in [-0.2, -0.15) is 0 Å². The highest BCUT2D eigenvalue weighted by molar-refractivity contribution is 5.81. The first-order chi connectivity index (χ1) is 16.8. The number of carbonyl (C=O) groups is 3. The summed E-state index contributed by atoms with van der Waals surface area (Å²) in [4.78, 5) is 43.0. The lowest BCUT2D eigenvalue weighted by Gasteiger charge is -2.28. The van der Waals surface area contributed by atoms with Gasteiger partial charge in [-0.15, -0.1) is 0 Å². The van der Waals surface area contributed by atoms with Crippen LogP contribution in [-0.2, 0) is 27.5 Å². The topological polar surface area (TPSA) is 81.8 Å². The highest BCUT2D eigenvalue weighted by Crippen LogP contribution is 2.03. The van der Waals surface area contributed by atoms with Crippen molar-refractivity contribution in [2.75, 3.05) is 53.4 Å². The van der Waals surface area contributed by atoms with Gasteiger partial charge in [-0.25, -0.2) is 9.13 Å². The molecule has 0 aromatic carbocycles. The van der Waals surface area contributed by atoms with Gasteiger partial charge >= 0.3 is 0 Å². The number of amides is 3. The van der Waals surface area contributed by atoms with Gasteiger partial charge in [-0.3, -0.25) is 19.3 Å². The molecule has 0 aliphatic rings. The number of nitrogens with one attached hydrogen (secondary N) is 1. The zero-order valence-electron chi connectivity index (χ0n) is 22.8. The summed E-state index contributed by atoms with van der Waals surface area (Å²) in [5.74, 6) is 0.120. The number of nitrogens with zero attached hydrogens (tertiary/aromatic N) is 5. The molecule has 0 atom stereocenters. The molecule has 200 valence electrons. The number of hydrogen-bond donors (Lipinski definition) is 1. The smallest absolute Gasteiger partial charge is 0.262 e. The van der Waals surface area contributed by atoms with E-state index in [1.807, 2.05) is 37.7 Å². The Morgan fingerprint density at radius 3 is 2.09 bits per heavy atom. The lowest BCUT2D eigenvalue weighted by Crippen LogP contribution is -2.45. The third kappa shape index (κ3) is 13.3. The van der Waals surface area contributed by atoms with E-state index in [0.29, 0.717) is 19.6 Å². The summed E-state index contributed by atoms with van der Waals surface area (Å²) in [6, 6.07) is 0. The van der Waals surface area contributed by atoms with E-state index < -0.39 is 0 Å². The summed E-state index contributed by atoms with van der Waals surface area (Å²) in [6.45, 7) is 10.8. The Morgan fingerprint density at radius 2 is 1.49 bits per heavy atom. The van der Waals surface area contributed by atoms with Crippen LogP contribution in [0.3, 0.4) is 0 Å². The van der Waals surface area contributed by atoms with Crippen molar-refractivity contribution in [1.29, 1.82) is 0 Å². The number of aryl methyl sites for hydroxylation is 1. The molecule has 0 saturated carbocycles. The Labute approximate surface area is 212 Å². The molecular weight excluding hydrogens is 444 g/mol. The Bertz CT molecular complexity index is 741. The first-order valence-corrected chi connectivity index (χ1v) is 13.3. The predicted molar refractivity (Wildman–Crippen MR) is 139 cm³/mol. The average Bonchev–Trinajstić information content (AvgIpc) is 3.25. The molecule has 1 heterocycles. The monoisotopic (exact) mass is 493 g/mol. The van der Waals surface area contributed by atoms with Gasteiger partial charge in [0, 0.05) is 40.3 Å². The fourth-order valence-corrected chi connectivity index (χ4v) is 3.66. The molecule has 35 heavy (non-hydrogen) atoms. The number of rotatable bonds is 19. The van der Waals surface area contributed by atoms with Gasteiger partial charge in [0.05, 0.1) is 19.6 Å². The molecule has 0 saturated heterocycles. The van der Waals surface area contributed by atoms with Gasteiger partial charge in [-0.05, 0) is 25.7 Å². The van der Waals surface area contributed by atoms with Crippen LogP contribution < -0.4 is 9.88 Å². The van der Waals surface area contributed by atoms with Crippen molar-refractivity contribution in [1.82, 2.24) is 24.6 Å². The number of unbranched alkanes of at least 4 members (excludes halogenated alkanes) is 3. The Balaban J connectivity index is 2.65. The quantitative estimate of drug-likeness (QED) is 0.236. The molecule has 0 unspecified atom stereocenters. The van der Waals surface area contributed by atoms with Crippen LogP contribution in [0.5, 0.6) is 0 Å². The molecule has 0 aliphatic heterocycles. The van der Waals surface area contributed by atoms with E-state index in [1.54, 1.807) is 19.0 Å². The van der Waals surface area contributed by atoms with Gasteiger partial charge < -0.3 is 15.1 Å². The first kappa shape index (κ1) is 30.6. The minimum absolute atomic E-state index is 0.000595. The predicted octanol–water partition coefficient (Wildman–Crippen LogP) is 1.90. The van der Waals surface area contributed by atoms with E-state index in [4.69, 9.17) is 0 Å². The SMILES string of the molecule is CCCCNC(=O)Cn1cc[n+](CCCN(CC(=O)N(C)C)CC(=O)N(CCCC)CCCC)c1. The summed E-state index contributed by atoms with van der Waals surface area (Å²) in [6.07, 6.45) is 12.7. The molecule has 1 aromatic heterocycles. The highest BCUT2D eigenvalue weighted by atomic mass is 16.2. The Morgan fingerprint density at radius 1 is 0.857 bits per heavy atom. The number of imidazole rings is 1. The van der Waals surface area contributed by atoms with Crippen LogP contribution in [0.25, 0.3) is 0 Å². The van der Waals surface area contributed by atoms with Crippen LogP contribution in [0.2, 0.25) is 0 Å². The van der Waals surface area contributed by atoms with E-state index in [0.717, 1.165) is 64.6 Å². The summed E-state index contributed by atoms with van der Waals surface area (Å²) in [7, 11) is 3.49. The van der Waals surface area contributed by atoms with Gasteiger partial charge in [0.2, 0.25) is 18.1 Å². The lowest BCUT2D eigenvalue weighted by atomic mass is 10.2. The fourth-order valence-electron chi connectivity index (χ4n) is 3.66. The van der Waals surface area contributed by atoms with Gasteiger partial charge in [0.1, 0.15) is 12.4 Å². The van der Waals surface area contributed by atoms with E-state index in [1.165, 1.54) is 0 Å². The number of hydrogen-bond acceptors (Lipinski definition) is 4. The van der Waals surface area contributed by atoms with Crippen molar-refractivity contribution in [3.05, 3.63) is 18.7 Å². The average molecular weight is 494 g/mol. The molecule has 0 aliphatic carbocycles. The normalized spacial score (nSPS) is 11.0. The second-order valence-electron chi connectivity index (χ2n) is 9.47. The molecule has 3 amide bonds. The number of likely N-dealkylation sites (N-methyl/N-ethyl adjacent to an activating group) is 1. The molecule has 0 radical (unpaired) electrons. The van der Waals surface area contributed by atoms with E-state index in [9.17, 15) is 14.4 Å². The summed E-state index contributed by atoms with van der Waals surface area (Å²) < 4.78 is 3.92. The standard InChI is InChI=1S/C26H48N6O3/c1-6-9-13-27-24(33)20-31-19-18-29(23-31)14-12-15-30(21-25(34)28(4)5)22-26(35)32(16-10-7-2)17-11-8-3/h18-19,23H,6-17,20-22H2,1-5H3/p+1. The zero-order valence-corrected chi connectivity index (χ0v) is 22.8. The van der Waals surface area contributed by atoms with E-state index in [-0.39, 0.29) is 30.8 Å². The summed E-state index contributed by atoms with van der Waals surface area (Å²) in [5.41, 5.74) is 0. The maximum Gasteiger partial charge on any atom is 0.262 e. The van der Waals surface area contributed by atoms with Crippen LogP contribution in [0.1, 0.15) is 65.7 Å². The second-order valence-corrected chi connectivity index (χ2v) is 9.47. The zero-order chi connectivity index (χ0) is 26.1. The van der Waals surface area contributed by atoms with Crippen LogP contribution in [0, 0.1) is 0 Å². The molecule has 1 N–H and O–H groups in total. The van der Waals surface area contributed by atoms with Crippen LogP contribution in [0.15, 0.2) is 18.7 Å². The van der Waals surface area contributed by atoms with Gasteiger partial charge in [0.25, 0.3) is 5.91 Å². The Hall–Kier alpha value is -2.42. The number of carbonyl (C=O) groups excluding carboxylic acids is 3. The van der Waals surface area contributed by atoms with Gasteiger partial charge in [0.15, 0.2) is 6.54 Å². The second kappa shape index (κ2) is 17.9. The third-order valence-corrected chi connectivity index (χ3v) is 5.95. The van der Waals surface area contributed by atoms with Crippen molar-refractivity contribution < 1.29 is 19.0 Å². The van der Waals surface area contributed by atoms with Crippen molar-refractivity contribution in [3.8, 4) is 0 Å². The van der Waals surface area contributed by atoms with Crippen molar-refractivity contribution in [3.63, 3.8) is 0 Å². The maximum atomic E-state index is 13.1. The molecule has 0 bridgehead atoms. The minimum Gasteiger partial charge on any atom is -0.353 e. The number of aromatic nitrogens is 2. The fraction of sp³-hybridized carbons (Fsp3) is 0.769. The van der Waals surface area contributed by atoms with Crippen LogP contribution in [0.4, 0.5) is 0 Å². The van der Waals surface area contributed by atoms with E-state index >= 15 is 0 Å². The maximum absolute atomic E-state index is 13.1. The largest absolute Gasteiger partial charge is 0.353 e. The van der Waals surface area contributed by atoms with E-state index in [2.05, 4.69) is 26.1 Å².